The van der Waals surface area contributed by atoms with Gasteiger partial charge in [0, 0.05) is 0 Å². The van der Waals surface area contributed by atoms with E-state index in [1.54, 1.807) is 0 Å². The van der Waals surface area contributed by atoms with Gasteiger partial charge in [-0.25, -0.2) is 0 Å². The smallest absolute Gasteiger partial charge is 0.00367 e. The second kappa shape index (κ2) is 5.15. The van der Waals surface area contributed by atoms with Crippen molar-refractivity contribution in [1.82, 2.24) is 0 Å². The van der Waals surface area contributed by atoms with Crippen molar-refractivity contribution < 1.29 is 0 Å². The average Bonchev–Trinajstić information content (AvgIpc) is 2.29. The fraction of sp³-hybridized carbons (Fsp3) is 0.250. The van der Waals surface area contributed by atoms with E-state index in [2.05, 4.69) is 56.3 Å². The summed E-state index contributed by atoms with van der Waals surface area (Å²) in [5.41, 5.74) is 12.1. The zero-order chi connectivity index (χ0) is 12.3. The van der Waals surface area contributed by atoms with Gasteiger partial charge in [0.05, 0.1) is 0 Å². The molecule has 2 aromatic carbocycles. The maximum atomic E-state index is 5.60. The molecule has 1 nitrogen and oxygen atoms in total. The van der Waals surface area contributed by atoms with Gasteiger partial charge in [0.15, 0.2) is 0 Å². The lowest BCUT2D eigenvalue weighted by molar-refractivity contribution is 0.969. The van der Waals surface area contributed by atoms with Crippen LogP contribution in [0.5, 0.6) is 0 Å². The lowest BCUT2D eigenvalue weighted by Crippen LogP contribution is -2.02. The number of benzene rings is 2. The van der Waals surface area contributed by atoms with Crippen LogP contribution >= 0.6 is 0 Å². The Bertz CT molecular complexity index is 515. The van der Waals surface area contributed by atoms with E-state index in [1.165, 1.54) is 27.8 Å². The van der Waals surface area contributed by atoms with Gasteiger partial charge in [-0.05, 0) is 49.1 Å². The third-order valence-electron chi connectivity index (χ3n) is 3.05. The minimum atomic E-state index is 0.705. The standard InChI is InChI=1S/C16H19N/c1-12-6-7-16(13(2)10-12)15-5-3-4-14(11-15)8-9-17/h3-7,10-11H,8-9,17H2,1-2H3. The lowest BCUT2D eigenvalue weighted by atomic mass is 9.97. The molecule has 2 N–H and O–H groups in total. The first-order valence-electron chi connectivity index (χ1n) is 6.07. The summed E-state index contributed by atoms with van der Waals surface area (Å²) in [5, 5.41) is 0. The third-order valence-corrected chi connectivity index (χ3v) is 3.05. The fourth-order valence-electron chi connectivity index (χ4n) is 2.20. The van der Waals surface area contributed by atoms with Crippen molar-refractivity contribution in [3.63, 3.8) is 0 Å². The molecule has 0 unspecified atom stereocenters. The lowest BCUT2D eigenvalue weighted by Gasteiger charge is -2.09. The van der Waals surface area contributed by atoms with Crippen LogP contribution in [0.2, 0.25) is 0 Å². The van der Waals surface area contributed by atoms with Gasteiger partial charge in [-0.3, -0.25) is 0 Å². The van der Waals surface area contributed by atoms with Crippen molar-refractivity contribution in [1.29, 1.82) is 0 Å². The van der Waals surface area contributed by atoms with Gasteiger partial charge in [-0.15, -0.1) is 0 Å². The summed E-state index contributed by atoms with van der Waals surface area (Å²) < 4.78 is 0. The molecule has 2 aromatic rings. The largest absolute Gasteiger partial charge is 0.330 e. The summed E-state index contributed by atoms with van der Waals surface area (Å²) in [6.07, 6.45) is 0.943. The highest BCUT2D eigenvalue weighted by Crippen LogP contribution is 2.25. The minimum absolute atomic E-state index is 0.705. The van der Waals surface area contributed by atoms with Crippen LogP contribution < -0.4 is 5.73 Å². The molecule has 17 heavy (non-hydrogen) atoms. The Morgan fingerprint density at radius 2 is 1.82 bits per heavy atom. The van der Waals surface area contributed by atoms with Crippen LogP contribution in [0.4, 0.5) is 0 Å². The van der Waals surface area contributed by atoms with Gasteiger partial charge in [0.25, 0.3) is 0 Å². The molecule has 0 amide bonds. The Labute approximate surface area is 103 Å². The van der Waals surface area contributed by atoms with Gasteiger partial charge in [-0.1, -0.05) is 48.0 Å². The molecule has 0 aromatic heterocycles. The summed E-state index contributed by atoms with van der Waals surface area (Å²) in [6.45, 7) is 5.00. The Morgan fingerprint density at radius 1 is 1.00 bits per heavy atom. The number of hydrogen-bond acceptors (Lipinski definition) is 1. The molecule has 0 fully saturated rings. The molecule has 2 rings (SSSR count). The fourth-order valence-corrected chi connectivity index (χ4v) is 2.20. The maximum absolute atomic E-state index is 5.60. The molecule has 0 atom stereocenters. The van der Waals surface area contributed by atoms with E-state index in [0.717, 1.165) is 6.42 Å². The van der Waals surface area contributed by atoms with Gasteiger partial charge in [0.1, 0.15) is 0 Å². The Balaban J connectivity index is 2.42. The quantitative estimate of drug-likeness (QED) is 0.850. The van der Waals surface area contributed by atoms with Gasteiger partial charge in [-0.2, -0.15) is 0 Å². The van der Waals surface area contributed by atoms with Crippen LogP contribution in [0.1, 0.15) is 16.7 Å². The molecular weight excluding hydrogens is 206 g/mol. The molecule has 0 heterocycles. The monoisotopic (exact) mass is 225 g/mol. The summed E-state index contributed by atoms with van der Waals surface area (Å²) in [4.78, 5) is 0. The number of rotatable bonds is 3. The molecule has 0 radical (unpaired) electrons. The van der Waals surface area contributed by atoms with E-state index < -0.39 is 0 Å². The summed E-state index contributed by atoms with van der Waals surface area (Å²) >= 11 is 0. The van der Waals surface area contributed by atoms with E-state index in [4.69, 9.17) is 5.73 Å². The maximum Gasteiger partial charge on any atom is -0.00367 e. The van der Waals surface area contributed by atoms with E-state index in [9.17, 15) is 0 Å². The van der Waals surface area contributed by atoms with E-state index in [-0.39, 0.29) is 0 Å². The summed E-state index contributed by atoms with van der Waals surface area (Å²) in [7, 11) is 0. The molecule has 0 aliphatic heterocycles. The van der Waals surface area contributed by atoms with Gasteiger partial charge < -0.3 is 5.73 Å². The second-order valence-corrected chi connectivity index (χ2v) is 4.56. The highest BCUT2D eigenvalue weighted by atomic mass is 14.5. The van der Waals surface area contributed by atoms with Crippen molar-refractivity contribution in [3.05, 3.63) is 59.2 Å². The predicted molar refractivity (Wildman–Crippen MR) is 74.1 cm³/mol. The molecule has 0 saturated heterocycles. The minimum Gasteiger partial charge on any atom is -0.330 e. The summed E-state index contributed by atoms with van der Waals surface area (Å²) in [6, 6.07) is 15.2. The highest BCUT2D eigenvalue weighted by Gasteiger charge is 2.02. The Hall–Kier alpha value is -1.60. The first-order chi connectivity index (χ1) is 8.20. The van der Waals surface area contributed by atoms with Crippen LogP contribution in [0.3, 0.4) is 0 Å². The van der Waals surface area contributed by atoms with Gasteiger partial charge in [0.2, 0.25) is 0 Å². The normalized spacial score (nSPS) is 10.5. The van der Waals surface area contributed by atoms with E-state index in [1.807, 2.05) is 0 Å². The number of aryl methyl sites for hydroxylation is 2. The zero-order valence-corrected chi connectivity index (χ0v) is 10.5. The van der Waals surface area contributed by atoms with Crippen molar-refractivity contribution in [2.75, 3.05) is 6.54 Å². The number of nitrogens with two attached hydrogens (primary N) is 1. The first-order valence-corrected chi connectivity index (χ1v) is 6.07. The molecule has 0 bridgehead atoms. The molecule has 0 saturated carbocycles. The van der Waals surface area contributed by atoms with Crippen molar-refractivity contribution >= 4 is 0 Å². The van der Waals surface area contributed by atoms with Crippen LogP contribution in [-0.2, 0) is 6.42 Å². The topological polar surface area (TPSA) is 26.0 Å². The van der Waals surface area contributed by atoms with Crippen LogP contribution in [0.25, 0.3) is 11.1 Å². The molecular formula is C16H19N. The molecule has 0 aliphatic rings. The predicted octanol–water partition coefficient (Wildman–Crippen LogP) is 3.47. The number of hydrogen-bond donors (Lipinski definition) is 1. The molecule has 1 heteroatoms. The second-order valence-electron chi connectivity index (χ2n) is 4.56. The average molecular weight is 225 g/mol. The van der Waals surface area contributed by atoms with Crippen LogP contribution in [-0.4, -0.2) is 6.54 Å². The van der Waals surface area contributed by atoms with Crippen molar-refractivity contribution in [3.8, 4) is 11.1 Å². The Kier molecular flexibility index (Phi) is 3.60. The van der Waals surface area contributed by atoms with Crippen molar-refractivity contribution in [2.45, 2.75) is 20.3 Å². The SMILES string of the molecule is Cc1ccc(-c2cccc(CCN)c2)c(C)c1. The molecule has 0 aliphatic carbocycles. The third kappa shape index (κ3) is 2.75. The highest BCUT2D eigenvalue weighted by molar-refractivity contribution is 5.68. The van der Waals surface area contributed by atoms with E-state index in [0.29, 0.717) is 6.54 Å². The van der Waals surface area contributed by atoms with Crippen LogP contribution in [0, 0.1) is 13.8 Å². The summed E-state index contributed by atoms with van der Waals surface area (Å²) in [5.74, 6) is 0. The first kappa shape index (κ1) is 11.9. The van der Waals surface area contributed by atoms with Crippen molar-refractivity contribution in [2.24, 2.45) is 5.73 Å². The Morgan fingerprint density at radius 3 is 2.53 bits per heavy atom. The molecule has 88 valence electrons. The zero-order valence-electron chi connectivity index (χ0n) is 10.5. The van der Waals surface area contributed by atoms with E-state index >= 15 is 0 Å². The molecule has 0 spiro atoms. The van der Waals surface area contributed by atoms with Crippen LogP contribution in [0.15, 0.2) is 42.5 Å². The van der Waals surface area contributed by atoms with Gasteiger partial charge >= 0.3 is 0 Å².